The average Bonchev–Trinajstić information content (AvgIpc) is 2.91. The van der Waals surface area contributed by atoms with E-state index in [2.05, 4.69) is 26.6 Å². The lowest BCUT2D eigenvalue weighted by Crippen LogP contribution is -2.56. The molecule has 3 aromatic carbocycles. The van der Waals surface area contributed by atoms with Crippen molar-refractivity contribution in [3.05, 3.63) is 99.0 Å². The molecule has 9 heteroatoms. The number of rotatable bonds is 6. The van der Waals surface area contributed by atoms with Crippen LogP contribution in [0.2, 0.25) is 0 Å². The van der Waals surface area contributed by atoms with Crippen molar-refractivity contribution in [2.45, 2.75) is 45.1 Å². The van der Waals surface area contributed by atoms with Crippen LogP contribution < -0.4 is 10.6 Å². The van der Waals surface area contributed by atoms with Crippen molar-refractivity contribution in [3.8, 4) is 0 Å². The van der Waals surface area contributed by atoms with Gasteiger partial charge >= 0.3 is 0 Å². The Morgan fingerprint density at radius 1 is 0.974 bits per heavy atom. The van der Waals surface area contributed by atoms with Gasteiger partial charge in [-0.15, -0.1) is 0 Å². The molecule has 2 N–H and O–H groups in total. The zero-order valence-electron chi connectivity index (χ0n) is 22.0. The van der Waals surface area contributed by atoms with E-state index < -0.39 is 29.0 Å². The summed E-state index contributed by atoms with van der Waals surface area (Å²) >= 11 is 3.26. The normalized spacial score (nSPS) is 15.4. The second kappa shape index (κ2) is 11.7. The molecule has 1 atom stereocenters. The lowest BCUT2D eigenvalue weighted by molar-refractivity contribution is -0.142. The number of anilines is 1. The summed E-state index contributed by atoms with van der Waals surface area (Å²) in [6.45, 7) is 5.35. The molecule has 0 bridgehead atoms. The Bertz CT molecular complexity index is 1410. The predicted octanol–water partition coefficient (Wildman–Crippen LogP) is 6.05. The number of likely N-dealkylation sites (tertiary alicyclic amines) is 1. The summed E-state index contributed by atoms with van der Waals surface area (Å²) in [5, 5.41) is 5.40. The van der Waals surface area contributed by atoms with Crippen LogP contribution in [0.1, 0.15) is 59.7 Å². The highest BCUT2D eigenvalue weighted by Crippen LogP contribution is 2.33. The molecule has 0 radical (unpaired) electrons. The molecular formula is C30H30BrF2N3O3. The van der Waals surface area contributed by atoms with Gasteiger partial charge in [-0.05, 0) is 74.1 Å². The van der Waals surface area contributed by atoms with Crippen molar-refractivity contribution in [3.63, 3.8) is 0 Å². The molecule has 4 rings (SSSR count). The van der Waals surface area contributed by atoms with Gasteiger partial charge in [0.15, 0.2) is 0 Å². The first-order valence-electron chi connectivity index (χ1n) is 12.7. The third kappa shape index (κ3) is 6.03. The van der Waals surface area contributed by atoms with Crippen LogP contribution in [-0.4, -0.2) is 35.7 Å². The third-order valence-electron chi connectivity index (χ3n) is 7.25. The topological polar surface area (TPSA) is 78.5 Å². The average molecular weight is 598 g/mol. The maximum absolute atomic E-state index is 14.6. The summed E-state index contributed by atoms with van der Waals surface area (Å²) < 4.78 is 29.7. The molecule has 1 aliphatic heterocycles. The standard InChI is InChI=1S/C30H30BrF2N3O3/c1-18-25(31)13-12-23(27(18)33)28(38)34-22-10-8-20(9-11-22)21-14-16-36(17-15-21)29(39)30(3,35-19(2)37)24-6-4-5-7-26(24)32/h4-13,21H,14-17H2,1-3H3,(H,34,38)(H,35,37)/t30-/m1/s1. The number of nitrogens with zero attached hydrogens (tertiary/aromatic N) is 1. The molecule has 6 nitrogen and oxygen atoms in total. The fourth-order valence-corrected chi connectivity index (χ4v) is 5.37. The predicted molar refractivity (Wildman–Crippen MR) is 149 cm³/mol. The van der Waals surface area contributed by atoms with E-state index in [1.807, 2.05) is 12.1 Å². The largest absolute Gasteiger partial charge is 0.340 e. The summed E-state index contributed by atoms with van der Waals surface area (Å²) in [6, 6.07) is 16.4. The molecule has 1 aliphatic rings. The van der Waals surface area contributed by atoms with Crippen LogP contribution in [0.3, 0.4) is 0 Å². The van der Waals surface area contributed by atoms with Crippen molar-refractivity contribution < 1.29 is 23.2 Å². The van der Waals surface area contributed by atoms with Crippen LogP contribution >= 0.6 is 15.9 Å². The lowest BCUT2D eigenvalue weighted by atomic mass is 9.86. The summed E-state index contributed by atoms with van der Waals surface area (Å²) in [4.78, 5) is 39.8. The Balaban J connectivity index is 1.41. The fraction of sp³-hybridized carbons (Fsp3) is 0.300. The van der Waals surface area contributed by atoms with Crippen LogP contribution in [0.15, 0.2) is 65.1 Å². The van der Waals surface area contributed by atoms with Gasteiger partial charge in [0, 0.05) is 35.7 Å². The molecule has 0 saturated carbocycles. The number of hydrogen-bond donors (Lipinski definition) is 2. The number of benzene rings is 3. The van der Waals surface area contributed by atoms with Gasteiger partial charge in [-0.25, -0.2) is 8.78 Å². The first kappa shape index (κ1) is 28.4. The van der Waals surface area contributed by atoms with Gasteiger partial charge in [-0.2, -0.15) is 0 Å². The van der Waals surface area contributed by atoms with Gasteiger partial charge in [0.25, 0.3) is 11.8 Å². The molecule has 1 saturated heterocycles. The smallest absolute Gasteiger partial charge is 0.258 e. The van der Waals surface area contributed by atoms with Crippen molar-refractivity contribution in [1.29, 1.82) is 0 Å². The van der Waals surface area contributed by atoms with E-state index in [9.17, 15) is 23.2 Å². The number of piperidine rings is 1. The van der Waals surface area contributed by atoms with E-state index in [-0.39, 0.29) is 23.0 Å². The van der Waals surface area contributed by atoms with E-state index in [0.29, 0.717) is 41.7 Å². The summed E-state index contributed by atoms with van der Waals surface area (Å²) in [6.07, 6.45) is 1.38. The highest BCUT2D eigenvalue weighted by atomic mass is 79.9. The molecule has 1 fully saturated rings. The van der Waals surface area contributed by atoms with Crippen LogP contribution in [0.5, 0.6) is 0 Å². The van der Waals surface area contributed by atoms with Crippen LogP contribution in [0.25, 0.3) is 0 Å². The monoisotopic (exact) mass is 597 g/mol. The second-order valence-electron chi connectivity index (χ2n) is 9.96. The minimum absolute atomic E-state index is 0.0292. The van der Waals surface area contributed by atoms with E-state index in [4.69, 9.17) is 0 Å². The molecule has 39 heavy (non-hydrogen) atoms. The van der Waals surface area contributed by atoms with E-state index in [1.165, 1.54) is 32.0 Å². The zero-order chi connectivity index (χ0) is 28.3. The Hall–Kier alpha value is -3.59. The van der Waals surface area contributed by atoms with Crippen molar-refractivity contribution in [1.82, 2.24) is 10.2 Å². The molecule has 0 unspecified atom stereocenters. The maximum atomic E-state index is 14.6. The van der Waals surface area contributed by atoms with E-state index in [1.54, 1.807) is 42.2 Å². The Labute approximate surface area is 234 Å². The molecule has 3 aromatic rings. The molecule has 204 valence electrons. The number of amides is 3. The minimum atomic E-state index is -1.52. The van der Waals surface area contributed by atoms with E-state index in [0.717, 1.165) is 5.56 Å². The Morgan fingerprint density at radius 3 is 2.23 bits per heavy atom. The highest BCUT2D eigenvalue weighted by Gasteiger charge is 2.42. The highest BCUT2D eigenvalue weighted by molar-refractivity contribution is 9.10. The third-order valence-corrected chi connectivity index (χ3v) is 8.11. The maximum Gasteiger partial charge on any atom is 0.258 e. The Kier molecular flexibility index (Phi) is 8.49. The molecular weight excluding hydrogens is 568 g/mol. The summed E-state index contributed by atoms with van der Waals surface area (Å²) in [5.74, 6) is -2.24. The summed E-state index contributed by atoms with van der Waals surface area (Å²) in [5.41, 5.74) is 0.559. The minimum Gasteiger partial charge on any atom is -0.340 e. The Morgan fingerprint density at radius 2 is 1.62 bits per heavy atom. The number of carbonyl (C=O) groups excluding carboxylic acids is 3. The van der Waals surface area contributed by atoms with Crippen molar-refractivity contribution in [2.75, 3.05) is 18.4 Å². The van der Waals surface area contributed by atoms with Gasteiger partial charge < -0.3 is 15.5 Å². The van der Waals surface area contributed by atoms with E-state index >= 15 is 0 Å². The second-order valence-corrected chi connectivity index (χ2v) is 10.8. The SMILES string of the molecule is CC(=O)N[C@@](C)(C(=O)N1CCC(c2ccc(NC(=O)c3ccc(Br)c(C)c3F)cc2)CC1)c1ccccc1F. The van der Waals surface area contributed by atoms with Gasteiger partial charge in [-0.3, -0.25) is 14.4 Å². The number of halogens is 3. The lowest BCUT2D eigenvalue weighted by Gasteiger charge is -2.39. The first-order valence-corrected chi connectivity index (χ1v) is 13.5. The zero-order valence-corrected chi connectivity index (χ0v) is 23.6. The molecule has 3 amide bonds. The fourth-order valence-electron chi connectivity index (χ4n) is 5.06. The van der Waals surface area contributed by atoms with Gasteiger partial charge in [0.05, 0.1) is 5.56 Å². The molecule has 0 aliphatic carbocycles. The molecule has 0 aromatic heterocycles. The number of hydrogen-bond acceptors (Lipinski definition) is 3. The van der Waals surface area contributed by atoms with Crippen LogP contribution in [0, 0.1) is 18.6 Å². The number of nitrogens with one attached hydrogen (secondary N) is 2. The molecule has 1 heterocycles. The first-order chi connectivity index (χ1) is 18.5. The van der Waals surface area contributed by atoms with Crippen molar-refractivity contribution >= 4 is 39.3 Å². The van der Waals surface area contributed by atoms with Crippen LogP contribution in [-0.2, 0) is 15.1 Å². The summed E-state index contributed by atoms with van der Waals surface area (Å²) in [7, 11) is 0. The quantitative estimate of drug-likeness (QED) is 0.363. The number of carbonyl (C=O) groups is 3. The van der Waals surface area contributed by atoms with Gasteiger partial charge in [0.1, 0.15) is 17.2 Å². The van der Waals surface area contributed by atoms with Crippen LogP contribution in [0.4, 0.5) is 14.5 Å². The molecule has 0 spiro atoms. The van der Waals surface area contributed by atoms with Gasteiger partial charge in [0.2, 0.25) is 5.91 Å². The van der Waals surface area contributed by atoms with Gasteiger partial charge in [-0.1, -0.05) is 46.3 Å². The van der Waals surface area contributed by atoms with Crippen molar-refractivity contribution in [2.24, 2.45) is 0 Å².